The Hall–Kier alpha value is -3.70. The average Bonchev–Trinajstić information content (AvgIpc) is 3.62. The second-order valence-electron chi connectivity index (χ2n) is 8.83. The molecule has 0 aliphatic heterocycles. The number of carbonyl (C=O) groups excluding carboxylic acids is 1. The van der Waals surface area contributed by atoms with Crippen molar-refractivity contribution in [3.05, 3.63) is 92.4 Å². The van der Waals surface area contributed by atoms with Gasteiger partial charge in [0.05, 0.1) is 11.1 Å². The smallest absolute Gasteiger partial charge is 0.294 e. The lowest BCUT2D eigenvalue weighted by Gasteiger charge is -2.26. The summed E-state index contributed by atoms with van der Waals surface area (Å²) in [5, 5.41) is 15.9. The van der Waals surface area contributed by atoms with E-state index in [1.165, 1.54) is 18.3 Å². The molecule has 1 saturated carbocycles. The summed E-state index contributed by atoms with van der Waals surface area (Å²) in [6, 6.07) is 5.93. The molecule has 1 amide bonds. The molecule has 2 aromatic carbocycles. The van der Waals surface area contributed by atoms with Crippen molar-refractivity contribution in [2.45, 2.75) is 30.7 Å². The Labute approximate surface area is 211 Å². The van der Waals surface area contributed by atoms with Gasteiger partial charge in [-0.05, 0) is 54.7 Å². The Morgan fingerprint density at radius 3 is 2.54 bits per heavy atom. The number of hydrogen-bond donors (Lipinski definition) is 3. The van der Waals surface area contributed by atoms with E-state index in [0.717, 1.165) is 34.8 Å². The van der Waals surface area contributed by atoms with Crippen LogP contribution in [0.2, 0.25) is 5.02 Å². The van der Waals surface area contributed by atoms with Crippen molar-refractivity contribution >= 4 is 23.0 Å². The number of aromatic nitrogens is 3. The highest BCUT2D eigenvalue weighted by Gasteiger charge is 2.42. The molecule has 2 aromatic heterocycles. The maximum absolute atomic E-state index is 14.7. The van der Waals surface area contributed by atoms with Crippen LogP contribution in [-0.2, 0) is 0 Å². The molecule has 1 unspecified atom stereocenters. The van der Waals surface area contributed by atoms with Crippen molar-refractivity contribution in [1.29, 1.82) is 0 Å². The van der Waals surface area contributed by atoms with E-state index in [1.807, 2.05) is 0 Å². The largest absolute Gasteiger partial charge is 0.390 e. The number of amides is 1. The Morgan fingerprint density at radius 1 is 1.22 bits per heavy atom. The van der Waals surface area contributed by atoms with Crippen molar-refractivity contribution in [3.63, 3.8) is 0 Å². The molecule has 0 radical (unpaired) electrons. The van der Waals surface area contributed by atoms with Crippen molar-refractivity contribution < 1.29 is 27.5 Å². The van der Waals surface area contributed by atoms with Crippen LogP contribution in [0.1, 0.15) is 46.3 Å². The van der Waals surface area contributed by atoms with Gasteiger partial charge in [0.25, 0.3) is 17.4 Å². The van der Waals surface area contributed by atoms with Crippen molar-refractivity contribution in [2.75, 3.05) is 6.61 Å². The van der Waals surface area contributed by atoms with Crippen molar-refractivity contribution in [1.82, 2.24) is 19.9 Å². The van der Waals surface area contributed by atoms with Gasteiger partial charge in [-0.25, -0.2) is 22.1 Å². The van der Waals surface area contributed by atoms with Crippen LogP contribution in [0.25, 0.3) is 16.9 Å². The number of nitrogens with one attached hydrogen (secondary N) is 2. The summed E-state index contributed by atoms with van der Waals surface area (Å²) in [5.41, 5.74) is -0.485. The van der Waals surface area contributed by atoms with Crippen LogP contribution in [0.4, 0.5) is 17.6 Å². The fourth-order valence-electron chi connectivity index (χ4n) is 4.27. The first-order chi connectivity index (χ1) is 17.6. The van der Waals surface area contributed by atoms with Crippen LogP contribution in [0.5, 0.6) is 0 Å². The maximum atomic E-state index is 14.7. The van der Waals surface area contributed by atoms with E-state index in [-0.39, 0.29) is 39.0 Å². The molecule has 2 heterocycles. The number of hydrogen-bond acceptors (Lipinski definition) is 4. The number of benzene rings is 2. The molecular weight excluding hydrogens is 516 g/mol. The van der Waals surface area contributed by atoms with E-state index in [4.69, 9.17) is 11.6 Å². The Kier molecular flexibility index (Phi) is 6.28. The zero-order valence-corrected chi connectivity index (χ0v) is 19.7. The first-order valence-electron chi connectivity index (χ1n) is 11.2. The van der Waals surface area contributed by atoms with E-state index in [9.17, 15) is 32.3 Å². The van der Waals surface area contributed by atoms with Crippen LogP contribution in [0.3, 0.4) is 0 Å². The number of aromatic amines is 1. The van der Waals surface area contributed by atoms with E-state index in [1.54, 1.807) is 0 Å². The summed E-state index contributed by atoms with van der Waals surface area (Å²) < 4.78 is 58.3. The highest BCUT2D eigenvalue weighted by atomic mass is 35.5. The third-order valence-electron chi connectivity index (χ3n) is 6.21. The molecule has 1 fully saturated rings. The molecule has 1 aliphatic rings. The van der Waals surface area contributed by atoms with Gasteiger partial charge in [-0.1, -0.05) is 23.7 Å². The lowest BCUT2D eigenvalue weighted by atomic mass is 9.99. The summed E-state index contributed by atoms with van der Waals surface area (Å²) in [6.07, 6.45) is 2.56. The van der Waals surface area contributed by atoms with Crippen LogP contribution in [0, 0.1) is 11.6 Å². The van der Waals surface area contributed by atoms with Crippen LogP contribution in [-0.4, -0.2) is 38.1 Å². The Bertz CT molecular complexity index is 1560. The van der Waals surface area contributed by atoms with E-state index < -0.39 is 41.7 Å². The molecule has 7 nitrogen and oxygen atoms in total. The molecule has 192 valence electrons. The van der Waals surface area contributed by atoms with Crippen molar-refractivity contribution in [3.8, 4) is 11.4 Å². The number of nitrogens with zero attached hydrogens (tertiary/aromatic N) is 2. The number of carbonyl (C=O) groups is 1. The molecule has 4 aromatic rings. The number of alkyl halides is 2. The maximum Gasteiger partial charge on any atom is 0.294 e. The fraction of sp³-hybridized carbons (Fsp3) is 0.240. The quantitative estimate of drug-likeness (QED) is 0.302. The monoisotopic (exact) mass is 534 g/mol. The van der Waals surface area contributed by atoms with Gasteiger partial charge in [-0.2, -0.15) is 0 Å². The van der Waals surface area contributed by atoms with Gasteiger partial charge in [0.2, 0.25) is 0 Å². The zero-order valence-electron chi connectivity index (χ0n) is 18.9. The molecule has 0 spiro atoms. The minimum Gasteiger partial charge on any atom is -0.390 e. The van der Waals surface area contributed by atoms with Gasteiger partial charge in [0.1, 0.15) is 29.8 Å². The number of halogens is 5. The van der Waals surface area contributed by atoms with Crippen molar-refractivity contribution in [2.24, 2.45) is 0 Å². The summed E-state index contributed by atoms with van der Waals surface area (Å²) in [7, 11) is 0. The predicted molar refractivity (Wildman–Crippen MR) is 127 cm³/mol. The van der Waals surface area contributed by atoms with Gasteiger partial charge < -0.3 is 15.4 Å². The first kappa shape index (κ1) is 25.0. The number of fused-ring (bicyclic) bond motifs is 1. The lowest BCUT2D eigenvalue weighted by molar-refractivity contribution is -0.0785. The van der Waals surface area contributed by atoms with Gasteiger partial charge in [0, 0.05) is 16.8 Å². The van der Waals surface area contributed by atoms with Gasteiger partial charge in [0.15, 0.2) is 5.82 Å². The number of aliphatic hydroxyl groups is 1. The summed E-state index contributed by atoms with van der Waals surface area (Å²) >= 11 is 5.80. The Balaban J connectivity index is 1.59. The third-order valence-corrected chi connectivity index (χ3v) is 6.44. The minimum atomic E-state index is -3.78. The molecule has 0 saturated heterocycles. The van der Waals surface area contributed by atoms with Crippen LogP contribution >= 0.6 is 11.6 Å². The van der Waals surface area contributed by atoms with E-state index >= 15 is 0 Å². The summed E-state index contributed by atoms with van der Waals surface area (Å²) in [4.78, 5) is 28.9. The predicted octanol–water partition coefficient (Wildman–Crippen LogP) is 4.60. The third kappa shape index (κ3) is 4.72. The molecule has 1 atom stereocenters. The summed E-state index contributed by atoms with van der Waals surface area (Å²) in [5.74, 6) is -6.39. The molecular formula is C25H19ClF4N4O3. The molecule has 37 heavy (non-hydrogen) atoms. The molecule has 3 N–H and O–H groups in total. The van der Waals surface area contributed by atoms with Crippen LogP contribution < -0.4 is 10.9 Å². The lowest BCUT2D eigenvalue weighted by Crippen LogP contribution is -2.43. The number of rotatable bonds is 7. The highest BCUT2D eigenvalue weighted by Crippen LogP contribution is 2.44. The SMILES string of the molecule is O=C(NC(c1ccc(F)cc1)C(F)(F)CO)c1cn2nc(-c3ccc(Cl)cc3F)[nH]c(=O)c2c1C1CC1. The Morgan fingerprint density at radius 2 is 1.92 bits per heavy atom. The minimum absolute atomic E-state index is 0.0324. The molecule has 0 bridgehead atoms. The highest BCUT2D eigenvalue weighted by molar-refractivity contribution is 6.30. The van der Waals surface area contributed by atoms with E-state index in [2.05, 4.69) is 15.4 Å². The molecule has 5 rings (SSSR count). The number of H-pyrrole nitrogens is 1. The van der Waals surface area contributed by atoms with Gasteiger partial charge in [-0.3, -0.25) is 9.59 Å². The molecule has 1 aliphatic carbocycles. The van der Waals surface area contributed by atoms with Gasteiger partial charge in [-0.15, -0.1) is 5.10 Å². The number of aliphatic hydroxyl groups excluding tert-OH is 1. The average molecular weight is 535 g/mol. The standard InChI is InChI=1S/C25H19ClF4N4O3/c26-14-5-8-16(18(28)9-14)22-32-24(37)20-19(12-1-2-12)17(10-34(20)33-22)23(36)31-21(25(29,30)11-35)13-3-6-15(27)7-4-13/h3-10,12,21,35H,1-2,11H2,(H,31,36)(H,32,33,37). The van der Waals surface area contributed by atoms with Gasteiger partial charge >= 0.3 is 0 Å². The zero-order chi connectivity index (χ0) is 26.5. The van der Waals surface area contributed by atoms with E-state index in [0.29, 0.717) is 18.4 Å². The second-order valence-corrected chi connectivity index (χ2v) is 9.26. The first-order valence-corrected chi connectivity index (χ1v) is 11.6. The second kappa shape index (κ2) is 9.31. The normalized spacial score (nSPS) is 14.6. The topological polar surface area (TPSA) is 99.5 Å². The molecule has 12 heteroatoms. The van der Waals surface area contributed by atoms with Crippen LogP contribution in [0.15, 0.2) is 53.5 Å². The fourth-order valence-corrected chi connectivity index (χ4v) is 4.43. The summed E-state index contributed by atoms with van der Waals surface area (Å²) in [6.45, 7) is -1.57.